The topological polar surface area (TPSA) is 42.4 Å². The van der Waals surface area contributed by atoms with Crippen LogP contribution in [0.5, 0.6) is 0 Å². The average molecular weight is 271 g/mol. The van der Waals surface area contributed by atoms with Crippen molar-refractivity contribution < 1.29 is 9.63 Å². The minimum Gasteiger partial charge on any atom is -0.271 e. The second kappa shape index (κ2) is 4.72. The van der Waals surface area contributed by atoms with Crippen molar-refractivity contribution in [3.63, 3.8) is 0 Å². The first kappa shape index (κ1) is 10.6. The highest BCUT2D eigenvalue weighted by Gasteiger charge is 2.19. The standard InChI is InChI=1S/C10H11BrN2O2/c11-9-4-3-8(7-12-9)10(14)13-5-1-2-6-15-13/h3-4,7H,1-2,5-6H2. The first-order valence-electron chi connectivity index (χ1n) is 4.84. The molecule has 4 nitrogen and oxygen atoms in total. The van der Waals surface area contributed by atoms with Gasteiger partial charge in [0, 0.05) is 12.7 Å². The van der Waals surface area contributed by atoms with Crippen molar-refractivity contribution >= 4 is 21.8 Å². The van der Waals surface area contributed by atoms with E-state index in [0.717, 1.165) is 17.4 Å². The molecule has 80 valence electrons. The summed E-state index contributed by atoms with van der Waals surface area (Å²) in [6.07, 6.45) is 3.56. The van der Waals surface area contributed by atoms with E-state index in [1.54, 1.807) is 18.3 Å². The molecule has 1 saturated heterocycles. The summed E-state index contributed by atoms with van der Waals surface area (Å²) in [6.45, 7) is 1.28. The zero-order valence-electron chi connectivity index (χ0n) is 8.15. The fourth-order valence-electron chi connectivity index (χ4n) is 1.40. The number of hydrogen-bond donors (Lipinski definition) is 0. The molecule has 0 radical (unpaired) electrons. The Kier molecular flexibility index (Phi) is 3.33. The molecule has 1 aliphatic rings. The lowest BCUT2D eigenvalue weighted by atomic mass is 10.2. The Morgan fingerprint density at radius 2 is 2.33 bits per heavy atom. The summed E-state index contributed by atoms with van der Waals surface area (Å²) in [5, 5.41) is 1.41. The molecule has 0 spiro atoms. The van der Waals surface area contributed by atoms with E-state index in [1.165, 1.54) is 5.06 Å². The maximum atomic E-state index is 11.9. The maximum Gasteiger partial charge on any atom is 0.278 e. The van der Waals surface area contributed by atoms with Crippen LogP contribution >= 0.6 is 15.9 Å². The molecule has 2 heterocycles. The summed E-state index contributed by atoms with van der Waals surface area (Å²) in [5.74, 6) is -0.116. The normalized spacial score (nSPS) is 16.5. The Hall–Kier alpha value is -0.940. The number of hydroxylamine groups is 2. The van der Waals surface area contributed by atoms with Crippen LogP contribution in [0.1, 0.15) is 23.2 Å². The van der Waals surface area contributed by atoms with Crippen LogP contribution in [0.4, 0.5) is 0 Å². The molecule has 1 fully saturated rings. The van der Waals surface area contributed by atoms with E-state index in [4.69, 9.17) is 4.84 Å². The van der Waals surface area contributed by atoms with Crippen molar-refractivity contribution in [2.75, 3.05) is 13.2 Å². The number of amides is 1. The second-order valence-electron chi connectivity index (χ2n) is 3.32. The van der Waals surface area contributed by atoms with Crippen molar-refractivity contribution in [2.24, 2.45) is 0 Å². The van der Waals surface area contributed by atoms with Crippen molar-refractivity contribution in [1.29, 1.82) is 0 Å². The maximum absolute atomic E-state index is 11.9. The number of halogens is 1. The van der Waals surface area contributed by atoms with E-state index >= 15 is 0 Å². The fraction of sp³-hybridized carbons (Fsp3) is 0.400. The Balaban J connectivity index is 2.09. The smallest absolute Gasteiger partial charge is 0.271 e. The van der Waals surface area contributed by atoms with Gasteiger partial charge in [0.2, 0.25) is 0 Å². The van der Waals surface area contributed by atoms with E-state index in [-0.39, 0.29) is 5.91 Å². The quantitative estimate of drug-likeness (QED) is 0.734. The first-order chi connectivity index (χ1) is 7.27. The molecular weight excluding hydrogens is 260 g/mol. The van der Waals surface area contributed by atoms with Gasteiger partial charge in [-0.05, 0) is 40.9 Å². The Labute approximate surface area is 96.3 Å². The molecule has 0 saturated carbocycles. The van der Waals surface area contributed by atoms with Crippen molar-refractivity contribution in [3.8, 4) is 0 Å². The summed E-state index contributed by atoms with van der Waals surface area (Å²) < 4.78 is 0.721. The molecule has 0 N–H and O–H groups in total. The molecular formula is C10H11BrN2O2. The van der Waals surface area contributed by atoms with Gasteiger partial charge in [-0.15, -0.1) is 0 Å². The minimum absolute atomic E-state index is 0.116. The second-order valence-corrected chi connectivity index (χ2v) is 4.13. The van der Waals surface area contributed by atoms with Crippen molar-refractivity contribution in [1.82, 2.24) is 10.0 Å². The zero-order chi connectivity index (χ0) is 10.7. The lowest BCUT2D eigenvalue weighted by Gasteiger charge is -2.25. The number of pyridine rings is 1. The van der Waals surface area contributed by atoms with Crippen LogP contribution < -0.4 is 0 Å². The van der Waals surface area contributed by atoms with Crippen LogP contribution in [-0.4, -0.2) is 29.1 Å². The molecule has 1 aliphatic heterocycles. The van der Waals surface area contributed by atoms with Crippen LogP contribution in [0.25, 0.3) is 0 Å². The van der Waals surface area contributed by atoms with E-state index in [9.17, 15) is 4.79 Å². The van der Waals surface area contributed by atoms with Gasteiger partial charge in [0.25, 0.3) is 5.91 Å². The van der Waals surface area contributed by atoms with E-state index < -0.39 is 0 Å². The predicted molar refractivity (Wildman–Crippen MR) is 58.2 cm³/mol. The van der Waals surface area contributed by atoms with E-state index in [1.807, 2.05) is 0 Å². The SMILES string of the molecule is O=C(c1ccc(Br)nc1)N1CCCCO1. The number of carbonyl (C=O) groups is 1. The molecule has 1 amide bonds. The third-order valence-electron chi connectivity index (χ3n) is 2.20. The Morgan fingerprint density at radius 1 is 1.47 bits per heavy atom. The number of hydrogen-bond acceptors (Lipinski definition) is 3. The molecule has 15 heavy (non-hydrogen) atoms. The lowest BCUT2D eigenvalue weighted by molar-refractivity contribution is -0.144. The van der Waals surface area contributed by atoms with E-state index in [0.29, 0.717) is 18.7 Å². The van der Waals surface area contributed by atoms with Gasteiger partial charge >= 0.3 is 0 Å². The van der Waals surface area contributed by atoms with Gasteiger partial charge in [-0.2, -0.15) is 0 Å². The highest BCUT2D eigenvalue weighted by atomic mass is 79.9. The molecule has 1 aromatic heterocycles. The number of rotatable bonds is 1. The van der Waals surface area contributed by atoms with Crippen LogP contribution in [-0.2, 0) is 4.84 Å². The van der Waals surface area contributed by atoms with Crippen LogP contribution in [0.3, 0.4) is 0 Å². The molecule has 1 aromatic rings. The van der Waals surface area contributed by atoms with Crippen LogP contribution in [0, 0.1) is 0 Å². The number of nitrogens with zero attached hydrogens (tertiary/aromatic N) is 2. The fourth-order valence-corrected chi connectivity index (χ4v) is 1.64. The van der Waals surface area contributed by atoms with Crippen molar-refractivity contribution in [3.05, 3.63) is 28.5 Å². The van der Waals surface area contributed by atoms with E-state index in [2.05, 4.69) is 20.9 Å². The summed E-state index contributed by atoms with van der Waals surface area (Å²) in [6, 6.07) is 3.48. The minimum atomic E-state index is -0.116. The number of carbonyl (C=O) groups excluding carboxylic acids is 1. The monoisotopic (exact) mass is 270 g/mol. The van der Waals surface area contributed by atoms with Gasteiger partial charge in [0.1, 0.15) is 4.60 Å². The van der Waals surface area contributed by atoms with Gasteiger partial charge in [0.15, 0.2) is 0 Å². The molecule has 0 aliphatic carbocycles. The highest BCUT2D eigenvalue weighted by Crippen LogP contribution is 2.12. The predicted octanol–water partition coefficient (Wildman–Crippen LogP) is 2.01. The van der Waals surface area contributed by atoms with Gasteiger partial charge in [-0.1, -0.05) is 0 Å². The van der Waals surface area contributed by atoms with Gasteiger partial charge in [-0.3, -0.25) is 9.63 Å². The molecule has 5 heteroatoms. The largest absolute Gasteiger partial charge is 0.278 e. The third-order valence-corrected chi connectivity index (χ3v) is 2.67. The average Bonchev–Trinajstić information content (AvgIpc) is 2.30. The molecule has 0 atom stereocenters. The highest BCUT2D eigenvalue weighted by molar-refractivity contribution is 9.10. The summed E-state index contributed by atoms with van der Waals surface area (Å²) in [4.78, 5) is 21.1. The van der Waals surface area contributed by atoms with Crippen LogP contribution in [0.15, 0.2) is 22.9 Å². The van der Waals surface area contributed by atoms with Gasteiger partial charge < -0.3 is 0 Å². The zero-order valence-corrected chi connectivity index (χ0v) is 9.74. The lowest BCUT2D eigenvalue weighted by Crippen LogP contribution is -2.35. The Bertz CT molecular complexity index is 347. The van der Waals surface area contributed by atoms with Crippen molar-refractivity contribution in [2.45, 2.75) is 12.8 Å². The van der Waals surface area contributed by atoms with Gasteiger partial charge in [-0.25, -0.2) is 10.0 Å². The molecule has 2 rings (SSSR count). The molecule has 0 unspecified atom stereocenters. The molecule has 0 bridgehead atoms. The summed E-state index contributed by atoms with van der Waals surface area (Å²) in [5.41, 5.74) is 0.556. The molecule has 0 aromatic carbocycles. The number of aromatic nitrogens is 1. The van der Waals surface area contributed by atoms with Crippen LogP contribution in [0.2, 0.25) is 0 Å². The first-order valence-corrected chi connectivity index (χ1v) is 5.63. The third kappa shape index (κ3) is 2.54. The summed E-state index contributed by atoms with van der Waals surface area (Å²) in [7, 11) is 0. The Morgan fingerprint density at radius 3 is 2.93 bits per heavy atom. The summed E-state index contributed by atoms with van der Waals surface area (Å²) >= 11 is 3.22. The van der Waals surface area contributed by atoms with Gasteiger partial charge in [0.05, 0.1) is 12.2 Å².